The number of carbonyl (C=O) groups excluding carboxylic acids is 2. The number of rotatable bonds is 21. The summed E-state index contributed by atoms with van der Waals surface area (Å²) in [6.45, 7) is 8.01. The molecule has 18 heteroatoms. The number of alkyl halides is 6. The van der Waals surface area contributed by atoms with Crippen molar-refractivity contribution in [3.05, 3.63) is 0 Å². The van der Waals surface area contributed by atoms with E-state index in [0.29, 0.717) is 12.8 Å². The Morgan fingerprint density at radius 3 is 1.67 bits per heavy atom. The first kappa shape index (κ1) is 44.5. The van der Waals surface area contributed by atoms with Crippen LogP contribution in [0.2, 0.25) is 0 Å². The van der Waals surface area contributed by atoms with Crippen molar-refractivity contribution in [1.82, 2.24) is 4.31 Å². The molecule has 0 radical (unpaired) electrons. The summed E-state index contributed by atoms with van der Waals surface area (Å²) in [6.07, 6.45) is 8.59. The quantitative estimate of drug-likeness (QED) is 0.0565. The van der Waals surface area contributed by atoms with E-state index in [9.17, 15) is 52.8 Å². The van der Waals surface area contributed by atoms with Crippen molar-refractivity contribution in [3.63, 3.8) is 0 Å². The van der Waals surface area contributed by atoms with Crippen LogP contribution in [0.3, 0.4) is 0 Å². The molecule has 0 aliphatic carbocycles. The van der Waals surface area contributed by atoms with Crippen LogP contribution in [0, 0.1) is 11.8 Å². The highest BCUT2D eigenvalue weighted by atomic mass is 32.2. The number of sulfonamides is 1. The van der Waals surface area contributed by atoms with Gasteiger partial charge >= 0.3 is 32.5 Å². The number of ketones is 1. The first-order chi connectivity index (χ1) is 21.6. The SMILES string of the molecule is CCC(C)C(=O)C(N)CCCCCCCCCCCOC(=O)C1CC(C)(C)N(S(=O)(=O)C(F)(F)C(F)(F)C(F)(F)S(=O)(=O)O)C(C)(C)C1. The van der Waals surface area contributed by atoms with Gasteiger partial charge in [0.25, 0.3) is 10.0 Å². The van der Waals surface area contributed by atoms with E-state index in [0.717, 1.165) is 85.5 Å². The molecule has 0 aromatic carbocycles. The van der Waals surface area contributed by atoms with Crippen LogP contribution >= 0.6 is 0 Å². The highest BCUT2D eigenvalue weighted by Gasteiger charge is 2.83. The van der Waals surface area contributed by atoms with Crippen molar-refractivity contribution in [1.29, 1.82) is 0 Å². The van der Waals surface area contributed by atoms with Crippen molar-refractivity contribution >= 4 is 31.9 Å². The van der Waals surface area contributed by atoms with Crippen LogP contribution in [0.25, 0.3) is 0 Å². The molecule has 0 bridgehead atoms. The lowest BCUT2D eigenvalue weighted by Crippen LogP contribution is -2.70. The predicted molar refractivity (Wildman–Crippen MR) is 168 cm³/mol. The zero-order chi connectivity index (χ0) is 37.6. The second kappa shape index (κ2) is 16.7. The van der Waals surface area contributed by atoms with Gasteiger partial charge in [0.2, 0.25) is 0 Å². The van der Waals surface area contributed by atoms with Crippen LogP contribution in [-0.2, 0) is 34.5 Å². The highest BCUT2D eigenvalue weighted by Crippen LogP contribution is 2.55. The number of piperidine rings is 1. The maximum Gasteiger partial charge on any atom is 0.439 e. The van der Waals surface area contributed by atoms with Crippen molar-refractivity contribution in [2.45, 2.75) is 159 Å². The van der Waals surface area contributed by atoms with E-state index in [1.165, 1.54) is 0 Å². The molecule has 48 heavy (non-hydrogen) atoms. The third-order valence-electron chi connectivity index (χ3n) is 8.91. The van der Waals surface area contributed by atoms with E-state index in [1.807, 2.05) is 13.8 Å². The number of carbonyl (C=O) groups is 2. The maximum atomic E-state index is 14.9. The number of nitrogens with two attached hydrogens (primary N) is 1. The van der Waals surface area contributed by atoms with E-state index in [2.05, 4.69) is 0 Å². The first-order valence-corrected chi connectivity index (χ1v) is 19.1. The number of unbranched alkanes of at least 4 members (excludes halogenated alkanes) is 8. The molecule has 1 heterocycles. The number of Topliss-reactive ketones (excluding diaryl/α,β-unsaturated/α-hetero) is 1. The van der Waals surface area contributed by atoms with E-state index >= 15 is 0 Å². The smallest absolute Gasteiger partial charge is 0.439 e. The second-order valence-electron chi connectivity index (χ2n) is 14.0. The summed E-state index contributed by atoms with van der Waals surface area (Å²) < 4.78 is 147. The molecule has 10 nitrogen and oxygen atoms in total. The summed E-state index contributed by atoms with van der Waals surface area (Å²) >= 11 is 0. The van der Waals surface area contributed by atoms with E-state index in [1.54, 1.807) is 0 Å². The summed E-state index contributed by atoms with van der Waals surface area (Å²) in [4.78, 5) is 24.9. The van der Waals surface area contributed by atoms with Gasteiger partial charge in [0.1, 0.15) is 0 Å². The van der Waals surface area contributed by atoms with Gasteiger partial charge in [-0.2, -0.15) is 39.1 Å². The van der Waals surface area contributed by atoms with E-state index in [4.69, 9.17) is 15.0 Å². The average molecular weight is 747 g/mol. The van der Waals surface area contributed by atoms with Crippen molar-refractivity contribution in [3.8, 4) is 0 Å². The third-order valence-corrected chi connectivity index (χ3v) is 12.2. The Balaban J connectivity index is 2.62. The third kappa shape index (κ3) is 10.1. The van der Waals surface area contributed by atoms with Gasteiger partial charge in [-0.1, -0.05) is 65.2 Å². The molecular formula is C30H52F6N2O8S2. The Hall–Kier alpha value is -1.50. The van der Waals surface area contributed by atoms with Gasteiger partial charge < -0.3 is 10.5 Å². The van der Waals surface area contributed by atoms with Crippen LogP contribution in [0.15, 0.2) is 0 Å². The molecule has 1 rings (SSSR count). The number of hydrogen-bond donors (Lipinski definition) is 2. The fraction of sp³-hybridized carbons (Fsp3) is 0.933. The highest BCUT2D eigenvalue weighted by molar-refractivity contribution is 7.90. The zero-order valence-electron chi connectivity index (χ0n) is 28.5. The molecule has 1 aliphatic rings. The van der Waals surface area contributed by atoms with Gasteiger partial charge in [0.15, 0.2) is 5.78 Å². The lowest BCUT2D eigenvalue weighted by Gasteiger charge is -2.54. The molecule has 1 fully saturated rings. The monoisotopic (exact) mass is 746 g/mol. The van der Waals surface area contributed by atoms with Crippen LogP contribution in [-0.4, -0.2) is 77.6 Å². The summed E-state index contributed by atoms with van der Waals surface area (Å²) in [7, 11) is -13.9. The first-order valence-electron chi connectivity index (χ1n) is 16.2. The summed E-state index contributed by atoms with van der Waals surface area (Å²) in [5.41, 5.74) is 1.94. The predicted octanol–water partition coefficient (Wildman–Crippen LogP) is 6.68. The Morgan fingerprint density at radius 1 is 0.833 bits per heavy atom. The molecule has 0 aromatic heterocycles. The normalized spacial score (nSPS) is 19.5. The standard InChI is InChI=1S/C30H52F6N2O8S2/c1-7-21(2)24(39)23(37)17-15-13-11-9-8-10-12-14-16-18-46-25(40)22-19-26(3,4)38(27(5,6)20-22)47(41,42)29(33,34)28(31,32)30(35,36)48(43,44)45/h21-23H,7-20,37H2,1-6H3,(H,43,44,45). The van der Waals surface area contributed by atoms with Crippen LogP contribution in [0.5, 0.6) is 0 Å². The summed E-state index contributed by atoms with van der Waals surface area (Å²) in [6, 6.07) is -0.407. The van der Waals surface area contributed by atoms with Gasteiger partial charge in [0, 0.05) is 17.0 Å². The lowest BCUT2D eigenvalue weighted by molar-refractivity contribution is -0.248. The summed E-state index contributed by atoms with van der Waals surface area (Å²) in [5.74, 6) is -8.81. The van der Waals surface area contributed by atoms with Crippen molar-refractivity contribution < 1.29 is 62.1 Å². The van der Waals surface area contributed by atoms with Gasteiger partial charge in [-0.3, -0.25) is 14.1 Å². The number of nitrogens with zero attached hydrogens (tertiary/aromatic N) is 1. The molecular weight excluding hydrogens is 694 g/mol. The number of ether oxygens (including phenoxy) is 1. The van der Waals surface area contributed by atoms with Crippen molar-refractivity contribution in [2.24, 2.45) is 17.6 Å². The molecule has 0 spiro atoms. The largest absolute Gasteiger partial charge is 0.465 e. The molecule has 2 unspecified atom stereocenters. The fourth-order valence-corrected chi connectivity index (χ4v) is 9.04. The minimum atomic E-state index is -7.16. The van der Waals surface area contributed by atoms with Gasteiger partial charge in [0.05, 0.1) is 18.6 Å². The van der Waals surface area contributed by atoms with Crippen LogP contribution in [0.4, 0.5) is 26.3 Å². The molecule has 1 saturated heterocycles. The Morgan fingerprint density at radius 2 is 1.25 bits per heavy atom. The topological polar surface area (TPSA) is 161 Å². The zero-order valence-corrected chi connectivity index (χ0v) is 30.2. The molecule has 2 atom stereocenters. The molecule has 0 aromatic rings. The molecule has 3 N–H and O–H groups in total. The van der Waals surface area contributed by atoms with Gasteiger partial charge in [-0.05, 0) is 59.8 Å². The lowest BCUT2D eigenvalue weighted by atomic mass is 9.76. The molecule has 0 saturated carbocycles. The number of esters is 1. The number of hydrogen-bond acceptors (Lipinski definition) is 8. The van der Waals surface area contributed by atoms with Gasteiger partial charge in [-0.15, -0.1) is 0 Å². The Bertz CT molecular complexity index is 1290. The average Bonchev–Trinajstić information content (AvgIpc) is 2.93. The Labute approximate surface area is 280 Å². The molecule has 0 amide bonds. The Kier molecular flexibility index (Phi) is 15.5. The second-order valence-corrected chi connectivity index (χ2v) is 17.3. The summed E-state index contributed by atoms with van der Waals surface area (Å²) in [5, 5.41) is -13.5. The van der Waals surface area contributed by atoms with Crippen LogP contribution < -0.4 is 5.73 Å². The van der Waals surface area contributed by atoms with E-state index in [-0.39, 0.29) is 22.6 Å². The van der Waals surface area contributed by atoms with Crippen LogP contribution in [0.1, 0.15) is 125 Å². The maximum absolute atomic E-state index is 14.9. The fourth-order valence-electron chi connectivity index (χ4n) is 6.39. The minimum absolute atomic E-state index is 0.0186. The minimum Gasteiger partial charge on any atom is -0.465 e. The van der Waals surface area contributed by atoms with Gasteiger partial charge in [-0.25, -0.2) is 8.42 Å². The molecule has 284 valence electrons. The van der Waals surface area contributed by atoms with E-state index < -0.39 is 78.4 Å². The number of halogens is 6. The van der Waals surface area contributed by atoms with Crippen molar-refractivity contribution in [2.75, 3.05) is 6.61 Å². The molecule has 1 aliphatic heterocycles.